The lowest BCUT2D eigenvalue weighted by atomic mass is 9.76. The maximum atomic E-state index is 11.9. The summed E-state index contributed by atoms with van der Waals surface area (Å²) in [7, 11) is 1.84. The molecule has 2 saturated heterocycles. The number of hydrogen-bond donors (Lipinski definition) is 0. The first-order chi connectivity index (χ1) is 15.9. The van der Waals surface area contributed by atoms with Gasteiger partial charge in [0.2, 0.25) is 0 Å². The number of rotatable bonds is 7. The van der Waals surface area contributed by atoms with Crippen molar-refractivity contribution in [3.8, 4) is 0 Å². The highest BCUT2D eigenvalue weighted by atomic mass is 16.5. The summed E-state index contributed by atoms with van der Waals surface area (Å²) in [6, 6.07) is 7.15. The number of allylic oxidation sites excluding steroid dienone is 2. The van der Waals surface area contributed by atoms with Crippen molar-refractivity contribution in [1.82, 2.24) is 4.90 Å². The first kappa shape index (κ1) is 24.3. The Labute approximate surface area is 200 Å². The number of benzene rings is 1. The van der Waals surface area contributed by atoms with Gasteiger partial charge < -0.3 is 14.5 Å². The molecule has 2 heterocycles. The minimum Gasteiger partial charge on any atom is -0.381 e. The summed E-state index contributed by atoms with van der Waals surface area (Å²) in [5, 5.41) is 0. The third kappa shape index (κ3) is 5.99. The summed E-state index contributed by atoms with van der Waals surface area (Å²) in [6.45, 7) is 13.4. The van der Waals surface area contributed by atoms with Crippen LogP contribution in [0.1, 0.15) is 64.9 Å². The van der Waals surface area contributed by atoms with Crippen molar-refractivity contribution < 1.29 is 9.53 Å². The van der Waals surface area contributed by atoms with E-state index in [-0.39, 0.29) is 0 Å². The Morgan fingerprint density at radius 2 is 1.79 bits per heavy atom. The maximum absolute atomic E-state index is 11.9. The molecule has 0 amide bonds. The van der Waals surface area contributed by atoms with Crippen molar-refractivity contribution in [1.29, 1.82) is 0 Å². The molecule has 0 aromatic heterocycles. The second-order valence-corrected chi connectivity index (χ2v) is 10.9. The lowest BCUT2D eigenvalue weighted by Gasteiger charge is -2.38. The molecule has 182 valence electrons. The fraction of sp³-hybridized carbons (Fsp3) is 0.679. The van der Waals surface area contributed by atoms with Gasteiger partial charge in [-0.15, -0.1) is 0 Å². The molecule has 5 nitrogen and oxygen atoms in total. The number of methoxy groups -OCH3 is 1. The molecule has 0 bridgehead atoms. The third-order valence-corrected chi connectivity index (χ3v) is 7.95. The first-order valence-corrected chi connectivity index (χ1v) is 13.0. The summed E-state index contributed by atoms with van der Waals surface area (Å²) in [4.78, 5) is 19.3. The molecule has 33 heavy (non-hydrogen) atoms. The number of hydrogen-bond acceptors (Lipinski definition) is 5. The highest BCUT2D eigenvalue weighted by molar-refractivity contribution is 5.81. The molecule has 1 aromatic carbocycles. The van der Waals surface area contributed by atoms with Crippen molar-refractivity contribution in [3.63, 3.8) is 0 Å². The SMILES string of the molecule is CCC(=O)CN1CCN(c2ccc(N3CCC(OC)CC3)cc2C2=CCC(C)(C)CC2)CC1. The van der Waals surface area contributed by atoms with Crippen LogP contribution in [-0.2, 0) is 9.53 Å². The average Bonchev–Trinajstić information content (AvgIpc) is 2.84. The molecule has 0 unspecified atom stereocenters. The Morgan fingerprint density at radius 1 is 1.06 bits per heavy atom. The van der Waals surface area contributed by atoms with Crippen LogP contribution in [0.15, 0.2) is 24.3 Å². The van der Waals surface area contributed by atoms with E-state index in [1.165, 1.54) is 28.9 Å². The van der Waals surface area contributed by atoms with Gasteiger partial charge in [0.15, 0.2) is 0 Å². The molecule has 2 aliphatic heterocycles. The van der Waals surface area contributed by atoms with E-state index in [4.69, 9.17) is 4.74 Å². The van der Waals surface area contributed by atoms with Crippen LogP contribution in [0, 0.1) is 5.41 Å². The molecular formula is C28H43N3O2. The van der Waals surface area contributed by atoms with Crippen LogP contribution in [0.3, 0.4) is 0 Å². The molecular weight excluding hydrogens is 410 g/mol. The topological polar surface area (TPSA) is 36.0 Å². The van der Waals surface area contributed by atoms with Crippen LogP contribution >= 0.6 is 0 Å². The summed E-state index contributed by atoms with van der Waals surface area (Å²) >= 11 is 0. The maximum Gasteiger partial charge on any atom is 0.146 e. The van der Waals surface area contributed by atoms with Crippen LogP contribution in [0.4, 0.5) is 11.4 Å². The summed E-state index contributed by atoms with van der Waals surface area (Å²) < 4.78 is 5.58. The Morgan fingerprint density at radius 3 is 2.39 bits per heavy atom. The van der Waals surface area contributed by atoms with Crippen molar-refractivity contribution in [2.45, 2.75) is 65.4 Å². The lowest BCUT2D eigenvalue weighted by Crippen LogP contribution is -2.48. The number of nitrogens with zero attached hydrogens (tertiary/aromatic N) is 3. The number of anilines is 2. The molecule has 0 atom stereocenters. The molecule has 5 heteroatoms. The van der Waals surface area contributed by atoms with E-state index in [1.54, 1.807) is 0 Å². The van der Waals surface area contributed by atoms with Crippen molar-refractivity contribution in [2.24, 2.45) is 5.41 Å². The second-order valence-electron chi connectivity index (χ2n) is 10.9. The lowest BCUT2D eigenvalue weighted by molar-refractivity contribution is -0.119. The van der Waals surface area contributed by atoms with Crippen molar-refractivity contribution in [2.75, 3.05) is 62.7 Å². The van der Waals surface area contributed by atoms with Crippen LogP contribution in [0.25, 0.3) is 5.57 Å². The van der Waals surface area contributed by atoms with E-state index < -0.39 is 0 Å². The number of Topliss-reactive ketones (excluding diaryl/α,β-unsaturated/α-hetero) is 1. The van der Waals surface area contributed by atoms with E-state index in [0.717, 1.165) is 65.0 Å². The zero-order chi connectivity index (χ0) is 23.4. The van der Waals surface area contributed by atoms with Gasteiger partial charge in [-0.05, 0) is 61.3 Å². The van der Waals surface area contributed by atoms with Gasteiger partial charge in [-0.25, -0.2) is 0 Å². The zero-order valence-electron chi connectivity index (χ0n) is 21.2. The molecule has 0 spiro atoms. The summed E-state index contributed by atoms with van der Waals surface area (Å²) in [5.74, 6) is 0.348. The average molecular weight is 454 g/mol. The molecule has 4 rings (SSSR count). The number of ether oxygens (including phenoxy) is 1. The van der Waals surface area contributed by atoms with Gasteiger partial charge in [0, 0.05) is 69.7 Å². The number of ketones is 1. The van der Waals surface area contributed by atoms with Gasteiger partial charge in [-0.1, -0.05) is 26.8 Å². The smallest absolute Gasteiger partial charge is 0.146 e. The third-order valence-electron chi connectivity index (χ3n) is 7.95. The van der Waals surface area contributed by atoms with Gasteiger partial charge in [0.05, 0.1) is 12.6 Å². The van der Waals surface area contributed by atoms with E-state index in [2.05, 4.69) is 52.8 Å². The molecule has 0 saturated carbocycles. The number of piperazine rings is 1. The highest BCUT2D eigenvalue weighted by Crippen LogP contribution is 2.42. The predicted octanol–water partition coefficient (Wildman–Crippen LogP) is 5.00. The summed E-state index contributed by atoms with van der Waals surface area (Å²) in [5.41, 5.74) is 6.07. The monoisotopic (exact) mass is 453 g/mol. The molecule has 3 aliphatic rings. The second kappa shape index (κ2) is 10.6. The van der Waals surface area contributed by atoms with Gasteiger partial charge in [-0.3, -0.25) is 9.69 Å². The predicted molar refractivity (Wildman–Crippen MR) is 138 cm³/mol. The Hall–Kier alpha value is -1.85. The Kier molecular flexibility index (Phi) is 7.80. The van der Waals surface area contributed by atoms with Crippen LogP contribution in [0.5, 0.6) is 0 Å². The molecule has 1 aliphatic carbocycles. The zero-order valence-corrected chi connectivity index (χ0v) is 21.2. The largest absolute Gasteiger partial charge is 0.381 e. The van der Waals surface area contributed by atoms with E-state index in [0.29, 0.717) is 30.3 Å². The Balaban J connectivity index is 1.55. The molecule has 0 N–H and O–H groups in total. The summed E-state index contributed by atoms with van der Waals surface area (Å²) in [6.07, 6.45) is 9.29. The minimum absolute atomic E-state index is 0.348. The molecule has 2 fully saturated rings. The van der Waals surface area contributed by atoms with Crippen LogP contribution in [-0.4, -0.2) is 69.7 Å². The number of carbonyl (C=O) groups is 1. The van der Waals surface area contributed by atoms with Crippen molar-refractivity contribution in [3.05, 3.63) is 29.8 Å². The molecule has 0 radical (unpaired) electrons. The number of carbonyl (C=O) groups excluding carboxylic acids is 1. The van der Waals surface area contributed by atoms with Gasteiger partial charge in [0.1, 0.15) is 5.78 Å². The van der Waals surface area contributed by atoms with Crippen LogP contribution < -0.4 is 9.80 Å². The first-order valence-electron chi connectivity index (χ1n) is 13.0. The van der Waals surface area contributed by atoms with E-state index in [1.807, 2.05) is 14.0 Å². The Bertz CT molecular complexity index is 847. The van der Waals surface area contributed by atoms with E-state index in [9.17, 15) is 4.79 Å². The normalized spacial score (nSPS) is 22.4. The van der Waals surface area contributed by atoms with Gasteiger partial charge >= 0.3 is 0 Å². The van der Waals surface area contributed by atoms with Gasteiger partial charge in [-0.2, -0.15) is 0 Å². The quantitative estimate of drug-likeness (QED) is 0.581. The van der Waals surface area contributed by atoms with Crippen molar-refractivity contribution >= 4 is 22.7 Å². The van der Waals surface area contributed by atoms with Gasteiger partial charge in [0.25, 0.3) is 0 Å². The molecule has 1 aromatic rings. The number of piperidine rings is 1. The minimum atomic E-state index is 0.348. The van der Waals surface area contributed by atoms with Crippen LogP contribution in [0.2, 0.25) is 0 Å². The highest BCUT2D eigenvalue weighted by Gasteiger charge is 2.27. The fourth-order valence-electron chi connectivity index (χ4n) is 5.43. The fourth-order valence-corrected chi connectivity index (χ4v) is 5.43. The standard InChI is InChI=1S/C28H43N3O2/c1-5-24(32)21-29-16-18-31(19-17-29)27-7-6-23(30-14-10-25(33-4)11-15-30)20-26(27)22-8-12-28(2,3)13-9-22/h6-8,20,25H,5,9-19,21H2,1-4H3. The van der Waals surface area contributed by atoms with E-state index >= 15 is 0 Å².